The third kappa shape index (κ3) is 0.918. The van der Waals surface area contributed by atoms with E-state index >= 15 is 0 Å². The maximum Gasteiger partial charge on any atom is 0.341 e. The third-order valence-corrected chi connectivity index (χ3v) is 0.917. The minimum absolute atomic E-state index is 0.144. The zero-order valence-corrected chi connectivity index (χ0v) is 4.55. The Balaban J connectivity index is 2.62. The molecule has 1 rings (SSSR count). The summed E-state index contributed by atoms with van der Waals surface area (Å²) in [5.41, 5.74) is 0. The number of amides is 4. The van der Waals surface area contributed by atoms with Crippen LogP contribution in [0.2, 0.25) is 0 Å². The first-order valence-corrected chi connectivity index (χ1v) is 2.32. The van der Waals surface area contributed by atoms with Gasteiger partial charge in [0, 0.05) is 0 Å². The molecule has 0 aliphatic carbocycles. The SMILES string of the molecule is NN1C(=O)NCNC1=O. The summed E-state index contributed by atoms with van der Waals surface area (Å²) >= 11 is 0. The molecule has 0 unspecified atom stereocenters. The molecule has 0 spiro atoms. The van der Waals surface area contributed by atoms with Gasteiger partial charge in [0.1, 0.15) is 0 Å². The number of rotatable bonds is 0. The second kappa shape index (κ2) is 1.90. The van der Waals surface area contributed by atoms with Crippen molar-refractivity contribution in [1.82, 2.24) is 15.6 Å². The van der Waals surface area contributed by atoms with Crippen LogP contribution >= 0.6 is 0 Å². The van der Waals surface area contributed by atoms with Crippen LogP contribution in [0.3, 0.4) is 0 Å². The molecule has 0 atom stereocenters. The van der Waals surface area contributed by atoms with Crippen LogP contribution in [-0.2, 0) is 0 Å². The van der Waals surface area contributed by atoms with E-state index in [0.29, 0.717) is 5.01 Å². The number of nitrogens with two attached hydrogens (primary N) is 1. The van der Waals surface area contributed by atoms with Crippen molar-refractivity contribution in [2.45, 2.75) is 0 Å². The summed E-state index contributed by atoms with van der Waals surface area (Å²) in [5, 5.41) is 5.06. The number of hydrazine groups is 1. The fourth-order valence-corrected chi connectivity index (χ4v) is 0.458. The maximum absolute atomic E-state index is 10.4. The lowest BCUT2D eigenvalue weighted by molar-refractivity contribution is 0.176. The van der Waals surface area contributed by atoms with Crippen LogP contribution in [0.4, 0.5) is 9.59 Å². The van der Waals surface area contributed by atoms with Gasteiger partial charge in [-0.15, -0.1) is 0 Å². The Bertz CT molecular complexity index is 140. The molecule has 1 saturated heterocycles. The molecule has 0 aromatic heterocycles. The molecule has 6 heteroatoms. The van der Waals surface area contributed by atoms with Gasteiger partial charge in [-0.1, -0.05) is 0 Å². The lowest BCUT2D eigenvalue weighted by atomic mass is 10.7. The Morgan fingerprint density at radius 3 is 2.11 bits per heavy atom. The fourth-order valence-electron chi connectivity index (χ4n) is 0.458. The predicted octanol–water partition coefficient (Wildman–Crippen LogP) is -1.45. The van der Waals surface area contributed by atoms with Crippen LogP contribution in [0.1, 0.15) is 0 Å². The Labute approximate surface area is 51.0 Å². The standard InChI is InChI=1S/C3H6N4O2/c4-7-2(8)5-1-6-3(7)9/h1,4H2,(H,5,8)(H,6,9). The van der Waals surface area contributed by atoms with Gasteiger partial charge in [0.15, 0.2) is 0 Å². The highest BCUT2D eigenvalue weighted by Crippen LogP contribution is 1.84. The van der Waals surface area contributed by atoms with Crippen molar-refractivity contribution in [3.8, 4) is 0 Å². The molecular formula is C3H6N4O2. The molecule has 4 N–H and O–H groups in total. The quantitative estimate of drug-likeness (QED) is 0.277. The maximum atomic E-state index is 10.4. The van der Waals surface area contributed by atoms with E-state index in [9.17, 15) is 9.59 Å². The molecule has 6 nitrogen and oxygen atoms in total. The van der Waals surface area contributed by atoms with E-state index in [2.05, 4.69) is 10.6 Å². The fraction of sp³-hybridized carbons (Fsp3) is 0.333. The van der Waals surface area contributed by atoms with Crippen LogP contribution in [0, 0.1) is 0 Å². The van der Waals surface area contributed by atoms with Gasteiger partial charge < -0.3 is 10.6 Å². The highest BCUT2D eigenvalue weighted by atomic mass is 16.2. The van der Waals surface area contributed by atoms with E-state index in [1.54, 1.807) is 0 Å². The zero-order valence-electron chi connectivity index (χ0n) is 4.55. The van der Waals surface area contributed by atoms with Crippen LogP contribution in [-0.4, -0.2) is 23.7 Å². The lowest BCUT2D eigenvalue weighted by Gasteiger charge is -2.21. The molecule has 1 heterocycles. The average molecular weight is 130 g/mol. The summed E-state index contributed by atoms with van der Waals surface area (Å²) < 4.78 is 0. The van der Waals surface area contributed by atoms with Gasteiger partial charge in [-0.05, 0) is 0 Å². The zero-order chi connectivity index (χ0) is 6.85. The van der Waals surface area contributed by atoms with E-state index in [1.807, 2.05) is 0 Å². The minimum Gasteiger partial charge on any atom is -0.319 e. The average Bonchev–Trinajstić information content (AvgIpc) is 1.83. The van der Waals surface area contributed by atoms with Crippen LogP contribution in [0.15, 0.2) is 0 Å². The van der Waals surface area contributed by atoms with E-state index in [1.165, 1.54) is 0 Å². The number of carbonyl (C=O) groups excluding carboxylic acids is 2. The van der Waals surface area contributed by atoms with E-state index in [-0.39, 0.29) is 6.67 Å². The molecule has 0 aromatic carbocycles. The molecule has 1 aliphatic heterocycles. The van der Waals surface area contributed by atoms with Crippen molar-refractivity contribution in [2.24, 2.45) is 5.84 Å². The van der Waals surface area contributed by atoms with Crippen molar-refractivity contribution < 1.29 is 9.59 Å². The van der Waals surface area contributed by atoms with E-state index in [4.69, 9.17) is 5.84 Å². The van der Waals surface area contributed by atoms with Crippen molar-refractivity contribution in [3.63, 3.8) is 0 Å². The molecule has 0 radical (unpaired) electrons. The summed E-state index contributed by atoms with van der Waals surface area (Å²) in [6.07, 6.45) is 0. The van der Waals surface area contributed by atoms with Crippen molar-refractivity contribution in [2.75, 3.05) is 6.67 Å². The molecule has 1 fully saturated rings. The Hall–Kier alpha value is -1.30. The molecule has 1 aliphatic rings. The molecular weight excluding hydrogens is 124 g/mol. The molecule has 9 heavy (non-hydrogen) atoms. The van der Waals surface area contributed by atoms with Crippen molar-refractivity contribution in [3.05, 3.63) is 0 Å². The number of nitrogens with zero attached hydrogens (tertiary/aromatic N) is 1. The van der Waals surface area contributed by atoms with Crippen LogP contribution in [0.25, 0.3) is 0 Å². The summed E-state index contributed by atoms with van der Waals surface area (Å²) in [6.45, 7) is 0.144. The summed E-state index contributed by atoms with van der Waals surface area (Å²) in [6, 6.07) is -1.17. The normalized spacial score (nSPS) is 19.0. The number of urea groups is 2. The number of imide groups is 1. The van der Waals surface area contributed by atoms with Crippen molar-refractivity contribution in [1.29, 1.82) is 0 Å². The van der Waals surface area contributed by atoms with E-state index < -0.39 is 12.1 Å². The van der Waals surface area contributed by atoms with Crippen molar-refractivity contribution >= 4 is 12.1 Å². The highest BCUT2D eigenvalue weighted by molar-refractivity contribution is 5.94. The minimum atomic E-state index is -0.584. The van der Waals surface area contributed by atoms with Crippen LogP contribution in [0.5, 0.6) is 0 Å². The second-order valence-electron chi connectivity index (χ2n) is 1.51. The first kappa shape index (κ1) is 5.83. The summed E-state index contributed by atoms with van der Waals surface area (Å²) in [7, 11) is 0. The van der Waals surface area contributed by atoms with Gasteiger partial charge in [0.05, 0.1) is 6.67 Å². The van der Waals surface area contributed by atoms with Gasteiger partial charge in [0.25, 0.3) is 0 Å². The van der Waals surface area contributed by atoms with Gasteiger partial charge in [-0.3, -0.25) is 0 Å². The highest BCUT2D eigenvalue weighted by Gasteiger charge is 2.20. The van der Waals surface area contributed by atoms with Gasteiger partial charge in [-0.25, -0.2) is 15.4 Å². The Morgan fingerprint density at radius 2 is 1.78 bits per heavy atom. The first-order valence-electron chi connectivity index (χ1n) is 2.32. The Morgan fingerprint density at radius 1 is 1.33 bits per heavy atom. The van der Waals surface area contributed by atoms with Gasteiger partial charge >= 0.3 is 12.1 Å². The molecule has 0 bridgehead atoms. The van der Waals surface area contributed by atoms with Gasteiger partial charge in [-0.2, -0.15) is 5.01 Å². The van der Waals surface area contributed by atoms with Gasteiger partial charge in [0.2, 0.25) is 0 Å². The first-order chi connectivity index (χ1) is 4.22. The molecule has 50 valence electrons. The topological polar surface area (TPSA) is 87.5 Å². The molecule has 0 saturated carbocycles. The Kier molecular flexibility index (Phi) is 1.23. The number of hydrogen-bond donors (Lipinski definition) is 3. The third-order valence-electron chi connectivity index (χ3n) is 0.917. The number of hydrogen-bond acceptors (Lipinski definition) is 3. The summed E-state index contributed by atoms with van der Waals surface area (Å²) in [5.74, 6) is 4.93. The molecule has 0 aromatic rings. The second-order valence-corrected chi connectivity index (χ2v) is 1.51. The lowest BCUT2D eigenvalue weighted by Crippen LogP contribution is -2.60. The monoisotopic (exact) mass is 130 g/mol. The van der Waals surface area contributed by atoms with E-state index in [0.717, 1.165) is 0 Å². The smallest absolute Gasteiger partial charge is 0.319 e. The molecule has 4 amide bonds. The number of nitrogens with one attached hydrogen (secondary N) is 2. The summed E-state index contributed by atoms with van der Waals surface area (Å²) in [4.78, 5) is 20.9. The largest absolute Gasteiger partial charge is 0.341 e. The predicted molar refractivity (Wildman–Crippen MR) is 28.0 cm³/mol. The number of carbonyl (C=O) groups is 2. The van der Waals surface area contributed by atoms with Crippen LogP contribution < -0.4 is 16.5 Å².